The van der Waals surface area contributed by atoms with Gasteiger partial charge in [-0.1, -0.05) is 0 Å². The molecule has 0 aromatic carbocycles. The number of anilines is 1. The number of carbonyl (C=O) groups is 1. The van der Waals surface area contributed by atoms with Gasteiger partial charge in [0, 0.05) is 63.1 Å². The zero-order valence-corrected chi connectivity index (χ0v) is 14.6. The normalized spacial score (nSPS) is 28.3. The van der Waals surface area contributed by atoms with Crippen LogP contribution in [-0.2, 0) is 14.3 Å². The molecule has 0 aliphatic carbocycles. The van der Waals surface area contributed by atoms with Crippen LogP contribution in [0.4, 0.5) is 5.95 Å². The number of hydrogen-bond donors (Lipinski definition) is 0. The van der Waals surface area contributed by atoms with Crippen molar-refractivity contribution in [3.8, 4) is 0 Å². The third kappa shape index (κ3) is 3.62. The monoisotopic (exact) mass is 346 g/mol. The molecular formula is C18H26N4O3. The van der Waals surface area contributed by atoms with E-state index >= 15 is 0 Å². The van der Waals surface area contributed by atoms with Crippen LogP contribution >= 0.6 is 0 Å². The summed E-state index contributed by atoms with van der Waals surface area (Å²) in [5.74, 6) is 1.16. The van der Waals surface area contributed by atoms with E-state index in [-0.39, 0.29) is 17.2 Å². The van der Waals surface area contributed by atoms with E-state index in [1.54, 1.807) is 12.4 Å². The molecular weight excluding hydrogens is 320 g/mol. The molecule has 136 valence electrons. The Morgan fingerprint density at radius 2 is 1.88 bits per heavy atom. The topological polar surface area (TPSA) is 67.8 Å². The number of ether oxygens (including phenoxy) is 2. The first kappa shape index (κ1) is 16.7. The van der Waals surface area contributed by atoms with Gasteiger partial charge < -0.3 is 19.3 Å². The van der Waals surface area contributed by atoms with E-state index in [2.05, 4.69) is 14.9 Å². The molecule has 1 aromatic rings. The van der Waals surface area contributed by atoms with Gasteiger partial charge in [0.25, 0.3) is 0 Å². The Labute approximate surface area is 148 Å². The largest absolute Gasteiger partial charge is 0.381 e. The summed E-state index contributed by atoms with van der Waals surface area (Å²) in [7, 11) is 0. The molecule has 3 saturated heterocycles. The summed E-state index contributed by atoms with van der Waals surface area (Å²) in [5, 5.41) is 0. The van der Waals surface area contributed by atoms with Gasteiger partial charge in [0.15, 0.2) is 0 Å². The van der Waals surface area contributed by atoms with E-state index in [0.717, 1.165) is 44.8 Å². The number of nitrogens with zero attached hydrogens (tertiary/aromatic N) is 4. The molecule has 0 radical (unpaired) electrons. The minimum absolute atomic E-state index is 0.0173. The predicted octanol–water partition coefficient (Wildman–Crippen LogP) is 0.958. The Hall–Kier alpha value is -1.73. The lowest BCUT2D eigenvalue weighted by Gasteiger charge is -2.34. The van der Waals surface area contributed by atoms with Gasteiger partial charge in [0.1, 0.15) is 0 Å². The molecule has 3 aliphatic heterocycles. The average Bonchev–Trinajstić information content (AvgIpc) is 2.97. The molecule has 0 saturated carbocycles. The standard InChI is InChI=1S/C18H26N4O3/c23-16(15-2-9-24-10-3-15)21-8-11-25-14-18(12-21)4-7-22(13-18)17-19-5-1-6-20-17/h1,5-6,15H,2-4,7-14H2/t18-/m0/s1. The summed E-state index contributed by atoms with van der Waals surface area (Å²) >= 11 is 0. The minimum atomic E-state index is -0.0173. The highest BCUT2D eigenvalue weighted by Gasteiger charge is 2.43. The molecule has 1 spiro atoms. The van der Waals surface area contributed by atoms with E-state index < -0.39 is 0 Å². The average molecular weight is 346 g/mol. The van der Waals surface area contributed by atoms with Crippen LogP contribution in [0.25, 0.3) is 0 Å². The maximum atomic E-state index is 13.0. The fourth-order valence-corrected chi connectivity index (χ4v) is 4.19. The number of rotatable bonds is 2. The molecule has 3 aliphatic rings. The fraction of sp³-hybridized carbons (Fsp3) is 0.722. The van der Waals surface area contributed by atoms with Crippen LogP contribution in [0.3, 0.4) is 0 Å². The lowest BCUT2D eigenvalue weighted by Crippen LogP contribution is -2.46. The molecule has 4 heterocycles. The van der Waals surface area contributed by atoms with Gasteiger partial charge in [-0.3, -0.25) is 4.79 Å². The summed E-state index contributed by atoms with van der Waals surface area (Å²) < 4.78 is 11.3. The summed E-state index contributed by atoms with van der Waals surface area (Å²) in [5.41, 5.74) is -0.0173. The van der Waals surface area contributed by atoms with Gasteiger partial charge in [0.2, 0.25) is 11.9 Å². The van der Waals surface area contributed by atoms with Crippen molar-refractivity contribution >= 4 is 11.9 Å². The molecule has 0 N–H and O–H groups in total. The van der Waals surface area contributed by atoms with Gasteiger partial charge in [-0.25, -0.2) is 9.97 Å². The molecule has 1 aromatic heterocycles. The minimum Gasteiger partial charge on any atom is -0.381 e. The van der Waals surface area contributed by atoms with E-state index in [1.807, 2.05) is 11.0 Å². The zero-order chi connectivity index (χ0) is 17.1. The van der Waals surface area contributed by atoms with Crippen LogP contribution in [0.1, 0.15) is 19.3 Å². The first-order valence-corrected chi connectivity index (χ1v) is 9.22. The molecule has 1 atom stereocenters. The van der Waals surface area contributed by atoms with Crippen LogP contribution in [-0.4, -0.2) is 73.4 Å². The Bertz CT molecular complexity index is 593. The van der Waals surface area contributed by atoms with Gasteiger partial charge in [-0.05, 0) is 25.3 Å². The second kappa shape index (κ2) is 7.25. The van der Waals surface area contributed by atoms with Crippen molar-refractivity contribution in [3.63, 3.8) is 0 Å². The zero-order valence-electron chi connectivity index (χ0n) is 14.6. The summed E-state index contributed by atoms with van der Waals surface area (Å²) in [6.07, 6.45) is 6.24. The third-order valence-corrected chi connectivity index (χ3v) is 5.60. The lowest BCUT2D eigenvalue weighted by molar-refractivity contribution is -0.139. The third-order valence-electron chi connectivity index (χ3n) is 5.60. The molecule has 7 heteroatoms. The quantitative estimate of drug-likeness (QED) is 0.795. The Morgan fingerprint density at radius 1 is 1.08 bits per heavy atom. The van der Waals surface area contributed by atoms with Gasteiger partial charge in [-0.2, -0.15) is 0 Å². The van der Waals surface area contributed by atoms with E-state index in [9.17, 15) is 4.79 Å². The van der Waals surface area contributed by atoms with Crippen LogP contribution in [0.5, 0.6) is 0 Å². The van der Waals surface area contributed by atoms with Crippen molar-refractivity contribution < 1.29 is 14.3 Å². The van der Waals surface area contributed by atoms with Crippen LogP contribution < -0.4 is 4.90 Å². The second-order valence-electron chi connectivity index (χ2n) is 7.42. The first-order valence-electron chi connectivity index (χ1n) is 9.22. The first-order chi connectivity index (χ1) is 12.3. The van der Waals surface area contributed by atoms with Crippen molar-refractivity contribution in [3.05, 3.63) is 18.5 Å². The van der Waals surface area contributed by atoms with Crippen LogP contribution in [0.2, 0.25) is 0 Å². The van der Waals surface area contributed by atoms with E-state index in [4.69, 9.17) is 9.47 Å². The van der Waals surface area contributed by atoms with Gasteiger partial charge in [-0.15, -0.1) is 0 Å². The highest BCUT2D eigenvalue weighted by Crippen LogP contribution is 2.35. The van der Waals surface area contributed by atoms with E-state index in [0.29, 0.717) is 33.0 Å². The summed E-state index contributed by atoms with van der Waals surface area (Å²) in [6.45, 7) is 5.94. The molecule has 25 heavy (non-hydrogen) atoms. The Kier molecular flexibility index (Phi) is 4.85. The SMILES string of the molecule is O=C(C1CCOCC1)N1CCOC[C@@]2(CCN(c3ncccn3)C2)C1. The number of aromatic nitrogens is 2. The van der Waals surface area contributed by atoms with Crippen LogP contribution in [0.15, 0.2) is 18.5 Å². The number of hydrogen-bond acceptors (Lipinski definition) is 6. The maximum absolute atomic E-state index is 13.0. The molecule has 0 bridgehead atoms. The maximum Gasteiger partial charge on any atom is 0.225 e. The van der Waals surface area contributed by atoms with Crippen LogP contribution in [0, 0.1) is 11.3 Å². The van der Waals surface area contributed by atoms with Gasteiger partial charge >= 0.3 is 0 Å². The molecule has 7 nitrogen and oxygen atoms in total. The number of carbonyl (C=O) groups excluding carboxylic acids is 1. The van der Waals surface area contributed by atoms with Crippen molar-refractivity contribution in [2.24, 2.45) is 11.3 Å². The molecule has 1 amide bonds. The van der Waals surface area contributed by atoms with Gasteiger partial charge in [0.05, 0.1) is 13.2 Å². The summed E-state index contributed by atoms with van der Waals surface area (Å²) in [4.78, 5) is 26.0. The smallest absolute Gasteiger partial charge is 0.225 e. The van der Waals surface area contributed by atoms with Crippen molar-refractivity contribution in [2.45, 2.75) is 19.3 Å². The highest BCUT2D eigenvalue weighted by atomic mass is 16.5. The Balaban J connectivity index is 1.45. The lowest BCUT2D eigenvalue weighted by atomic mass is 9.87. The fourth-order valence-electron chi connectivity index (χ4n) is 4.19. The highest BCUT2D eigenvalue weighted by molar-refractivity contribution is 5.79. The van der Waals surface area contributed by atoms with Crippen molar-refractivity contribution in [1.29, 1.82) is 0 Å². The predicted molar refractivity (Wildman–Crippen MR) is 92.2 cm³/mol. The Morgan fingerprint density at radius 3 is 2.68 bits per heavy atom. The molecule has 0 unspecified atom stereocenters. The number of amides is 1. The van der Waals surface area contributed by atoms with Crippen molar-refractivity contribution in [2.75, 3.05) is 57.5 Å². The molecule has 4 rings (SSSR count). The summed E-state index contributed by atoms with van der Waals surface area (Å²) in [6, 6.07) is 1.83. The second-order valence-corrected chi connectivity index (χ2v) is 7.42. The van der Waals surface area contributed by atoms with E-state index in [1.165, 1.54) is 0 Å². The van der Waals surface area contributed by atoms with Crippen molar-refractivity contribution in [1.82, 2.24) is 14.9 Å². The molecule has 3 fully saturated rings.